The van der Waals surface area contributed by atoms with E-state index < -0.39 is 0 Å². The van der Waals surface area contributed by atoms with Crippen molar-refractivity contribution in [2.45, 2.75) is 39.7 Å². The SMILES string of the molecule is CC(N)C(C)(C)CN(C)CC1CCCOC1. The van der Waals surface area contributed by atoms with Gasteiger partial charge in [-0.15, -0.1) is 0 Å². The maximum atomic E-state index is 6.00. The first-order valence-electron chi connectivity index (χ1n) is 6.43. The molecule has 0 aliphatic carbocycles. The molecule has 1 heterocycles. The first-order valence-corrected chi connectivity index (χ1v) is 6.43. The molecule has 3 heteroatoms. The lowest BCUT2D eigenvalue weighted by atomic mass is 9.85. The molecule has 2 atom stereocenters. The van der Waals surface area contributed by atoms with E-state index in [1.165, 1.54) is 12.8 Å². The van der Waals surface area contributed by atoms with Gasteiger partial charge in [0.25, 0.3) is 0 Å². The summed E-state index contributed by atoms with van der Waals surface area (Å²) < 4.78 is 5.51. The van der Waals surface area contributed by atoms with Gasteiger partial charge in [0.2, 0.25) is 0 Å². The van der Waals surface area contributed by atoms with Crippen LogP contribution in [0.1, 0.15) is 33.6 Å². The third kappa shape index (κ3) is 4.40. The van der Waals surface area contributed by atoms with E-state index >= 15 is 0 Å². The zero-order chi connectivity index (χ0) is 12.2. The Morgan fingerprint density at radius 2 is 2.19 bits per heavy atom. The van der Waals surface area contributed by atoms with E-state index in [9.17, 15) is 0 Å². The summed E-state index contributed by atoms with van der Waals surface area (Å²) in [6.07, 6.45) is 2.53. The van der Waals surface area contributed by atoms with Gasteiger partial charge in [0.1, 0.15) is 0 Å². The molecule has 1 rings (SSSR count). The van der Waals surface area contributed by atoms with E-state index in [0.29, 0.717) is 5.92 Å². The fourth-order valence-electron chi connectivity index (χ4n) is 2.30. The van der Waals surface area contributed by atoms with Crippen molar-refractivity contribution >= 4 is 0 Å². The van der Waals surface area contributed by atoms with Crippen LogP contribution in [0.4, 0.5) is 0 Å². The van der Waals surface area contributed by atoms with Gasteiger partial charge in [-0.25, -0.2) is 0 Å². The lowest BCUT2D eigenvalue weighted by Crippen LogP contribution is -2.44. The van der Waals surface area contributed by atoms with Gasteiger partial charge < -0.3 is 15.4 Å². The Balaban J connectivity index is 2.31. The van der Waals surface area contributed by atoms with Crippen LogP contribution in [-0.4, -0.2) is 44.3 Å². The molecule has 3 nitrogen and oxygen atoms in total. The standard InChI is InChI=1S/C13H28N2O/c1-11(14)13(2,3)10-15(4)8-12-6-5-7-16-9-12/h11-12H,5-10,14H2,1-4H3. The molecule has 0 aromatic heterocycles. The van der Waals surface area contributed by atoms with E-state index in [0.717, 1.165) is 26.3 Å². The van der Waals surface area contributed by atoms with Gasteiger partial charge >= 0.3 is 0 Å². The van der Waals surface area contributed by atoms with Gasteiger partial charge in [-0.1, -0.05) is 13.8 Å². The van der Waals surface area contributed by atoms with Crippen LogP contribution in [0.3, 0.4) is 0 Å². The van der Waals surface area contributed by atoms with Crippen molar-refractivity contribution in [2.75, 3.05) is 33.4 Å². The molecule has 0 bridgehead atoms. The second-order valence-electron chi connectivity index (χ2n) is 6.06. The summed E-state index contributed by atoms with van der Waals surface area (Å²) in [6.45, 7) is 10.7. The van der Waals surface area contributed by atoms with Gasteiger partial charge in [0.05, 0.1) is 6.61 Å². The molecular weight excluding hydrogens is 200 g/mol. The van der Waals surface area contributed by atoms with Crippen LogP contribution in [0.5, 0.6) is 0 Å². The Morgan fingerprint density at radius 3 is 2.69 bits per heavy atom. The van der Waals surface area contributed by atoms with Crippen LogP contribution in [0.15, 0.2) is 0 Å². The van der Waals surface area contributed by atoms with E-state index in [1.807, 2.05) is 0 Å². The normalized spacial score (nSPS) is 24.8. The molecule has 0 aromatic rings. The monoisotopic (exact) mass is 228 g/mol. The number of hydrogen-bond acceptors (Lipinski definition) is 3. The van der Waals surface area contributed by atoms with Gasteiger partial charge in [0, 0.05) is 25.7 Å². The number of hydrogen-bond donors (Lipinski definition) is 1. The minimum atomic E-state index is 0.185. The molecular formula is C13H28N2O. The van der Waals surface area contributed by atoms with Crippen LogP contribution >= 0.6 is 0 Å². The smallest absolute Gasteiger partial charge is 0.0506 e. The number of ether oxygens (including phenoxy) is 1. The molecule has 1 aliphatic rings. The molecule has 1 saturated heterocycles. The topological polar surface area (TPSA) is 38.5 Å². The summed E-state index contributed by atoms with van der Waals surface area (Å²) in [5, 5.41) is 0. The molecule has 0 saturated carbocycles. The summed E-state index contributed by atoms with van der Waals surface area (Å²) in [7, 11) is 2.19. The molecule has 16 heavy (non-hydrogen) atoms. The fraction of sp³-hybridized carbons (Fsp3) is 1.00. The van der Waals surface area contributed by atoms with Crippen molar-refractivity contribution in [1.29, 1.82) is 0 Å². The summed E-state index contributed by atoms with van der Waals surface area (Å²) in [4.78, 5) is 2.41. The Kier molecular flexibility index (Phi) is 5.22. The summed E-state index contributed by atoms with van der Waals surface area (Å²) in [5.74, 6) is 0.711. The van der Waals surface area contributed by atoms with Crippen LogP contribution in [0.2, 0.25) is 0 Å². The minimum Gasteiger partial charge on any atom is -0.381 e. The highest BCUT2D eigenvalue weighted by atomic mass is 16.5. The van der Waals surface area contributed by atoms with Crippen molar-refractivity contribution in [2.24, 2.45) is 17.1 Å². The molecule has 96 valence electrons. The van der Waals surface area contributed by atoms with Crippen LogP contribution in [0.25, 0.3) is 0 Å². The minimum absolute atomic E-state index is 0.185. The van der Waals surface area contributed by atoms with Gasteiger partial charge in [-0.3, -0.25) is 0 Å². The molecule has 0 amide bonds. The van der Waals surface area contributed by atoms with E-state index in [2.05, 4.69) is 32.7 Å². The maximum absolute atomic E-state index is 6.00. The number of rotatable bonds is 5. The average Bonchev–Trinajstić information content (AvgIpc) is 2.17. The summed E-state index contributed by atoms with van der Waals surface area (Å²) in [6, 6.07) is 0.234. The molecule has 1 aliphatic heterocycles. The highest BCUT2D eigenvalue weighted by molar-refractivity contribution is 4.81. The lowest BCUT2D eigenvalue weighted by Gasteiger charge is -2.35. The Bertz CT molecular complexity index is 198. The summed E-state index contributed by atoms with van der Waals surface area (Å²) in [5.41, 5.74) is 6.19. The first kappa shape index (κ1) is 13.9. The van der Waals surface area contributed by atoms with Crippen LogP contribution < -0.4 is 5.73 Å². The quantitative estimate of drug-likeness (QED) is 0.778. The van der Waals surface area contributed by atoms with E-state index in [1.54, 1.807) is 0 Å². The van der Waals surface area contributed by atoms with Gasteiger partial charge in [-0.2, -0.15) is 0 Å². The van der Waals surface area contributed by atoms with Gasteiger partial charge in [-0.05, 0) is 38.1 Å². The highest BCUT2D eigenvalue weighted by Crippen LogP contribution is 2.21. The van der Waals surface area contributed by atoms with Gasteiger partial charge in [0.15, 0.2) is 0 Å². The number of nitrogens with zero attached hydrogens (tertiary/aromatic N) is 1. The van der Waals surface area contributed by atoms with E-state index in [4.69, 9.17) is 10.5 Å². The molecule has 2 unspecified atom stereocenters. The number of nitrogens with two attached hydrogens (primary N) is 1. The molecule has 0 aromatic carbocycles. The predicted octanol–water partition coefficient (Wildman–Crippen LogP) is 1.72. The molecule has 0 spiro atoms. The van der Waals surface area contributed by atoms with Crippen LogP contribution in [0, 0.1) is 11.3 Å². The zero-order valence-electron chi connectivity index (χ0n) is 11.3. The highest BCUT2D eigenvalue weighted by Gasteiger charge is 2.26. The Labute approximate surface area is 100 Å². The van der Waals surface area contributed by atoms with Crippen molar-refractivity contribution in [1.82, 2.24) is 4.90 Å². The van der Waals surface area contributed by atoms with Crippen LogP contribution in [-0.2, 0) is 4.74 Å². The van der Waals surface area contributed by atoms with Crippen molar-refractivity contribution in [3.8, 4) is 0 Å². The molecule has 0 radical (unpaired) electrons. The Morgan fingerprint density at radius 1 is 1.50 bits per heavy atom. The third-order valence-electron chi connectivity index (χ3n) is 3.73. The predicted molar refractivity (Wildman–Crippen MR) is 68.5 cm³/mol. The second-order valence-corrected chi connectivity index (χ2v) is 6.06. The molecule has 2 N–H and O–H groups in total. The second kappa shape index (κ2) is 5.99. The van der Waals surface area contributed by atoms with Crippen molar-refractivity contribution < 1.29 is 4.74 Å². The fourth-order valence-corrected chi connectivity index (χ4v) is 2.30. The summed E-state index contributed by atoms with van der Waals surface area (Å²) >= 11 is 0. The third-order valence-corrected chi connectivity index (χ3v) is 3.73. The van der Waals surface area contributed by atoms with Crippen molar-refractivity contribution in [3.05, 3.63) is 0 Å². The van der Waals surface area contributed by atoms with Crippen molar-refractivity contribution in [3.63, 3.8) is 0 Å². The average molecular weight is 228 g/mol. The molecule has 1 fully saturated rings. The largest absolute Gasteiger partial charge is 0.381 e. The zero-order valence-corrected chi connectivity index (χ0v) is 11.3. The lowest BCUT2D eigenvalue weighted by molar-refractivity contribution is 0.0362. The van der Waals surface area contributed by atoms with E-state index in [-0.39, 0.29) is 11.5 Å². The first-order chi connectivity index (χ1) is 7.42. The Hall–Kier alpha value is -0.120. The maximum Gasteiger partial charge on any atom is 0.0506 e.